The molecule has 0 bridgehead atoms. The zero-order chi connectivity index (χ0) is 21.1. The third-order valence-corrected chi connectivity index (χ3v) is 5.70. The highest BCUT2D eigenvalue weighted by Gasteiger charge is 2.20. The first-order chi connectivity index (χ1) is 14.5. The number of benzene rings is 3. The topological polar surface area (TPSA) is 58.4 Å². The van der Waals surface area contributed by atoms with E-state index in [0.717, 1.165) is 36.2 Å². The molecule has 0 saturated heterocycles. The second-order valence-corrected chi connectivity index (χ2v) is 8.29. The number of carbonyl (C=O) groups is 1. The Balaban J connectivity index is 1.59. The predicted octanol–water partition coefficient (Wildman–Crippen LogP) is 4.91. The fourth-order valence-electron chi connectivity index (χ4n) is 3.84. The van der Waals surface area contributed by atoms with Crippen LogP contribution in [0, 0.1) is 0 Å². The lowest BCUT2D eigenvalue weighted by atomic mass is 10.00. The summed E-state index contributed by atoms with van der Waals surface area (Å²) in [6.45, 7) is 2.58. The number of amides is 1. The minimum atomic E-state index is -0.108. The molecule has 1 heterocycles. The molecule has 1 aliphatic rings. The highest BCUT2D eigenvalue weighted by atomic mass is 35.5. The number of rotatable bonds is 6. The smallest absolute Gasteiger partial charge is 0.251 e. The number of nitrogens with one attached hydrogen (secondary N) is 1. The van der Waals surface area contributed by atoms with Gasteiger partial charge in [0.05, 0.1) is 0 Å². The van der Waals surface area contributed by atoms with Crippen molar-refractivity contribution in [2.75, 3.05) is 24.5 Å². The predicted molar refractivity (Wildman–Crippen MR) is 124 cm³/mol. The summed E-state index contributed by atoms with van der Waals surface area (Å²) in [5.74, 6) is -0.108. The van der Waals surface area contributed by atoms with Crippen molar-refractivity contribution in [1.29, 1.82) is 0 Å². The van der Waals surface area contributed by atoms with E-state index in [2.05, 4.69) is 28.4 Å². The maximum atomic E-state index is 12.3. The number of fused-ring (bicyclic) bond motifs is 1. The van der Waals surface area contributed by atoms with Crippen molar-refractivity contribution in [2.24, 2.45) is 5.73 Å². The molecular formula is C24H23Cl2N3O. The molecule has 0 atom stereocenters. The molecular weight excluding hydrogens is 417 g/mol. The van der Waals surface area contributed by atoms with Gasteiger partial charge in [-0.15, -0.1) is 0 Å². The minimum Gasteiger partial charge on any atom is -0.367 e. The van der Waals surface area contributed by atoms with E-state index in [0.29, 0.717) is 28.7 Å². The lowest BCUT2D eigenvalue weighted by Gasteiger charge is -2.20. The van der Waals surface area contributed by atoms with E-state index in [1.165, 1.54) is 11.3 Å². The van der Waals surface area contributed by atoms with Crippen LogP contribution in [0.15, 0.2) is 60.7 Å². The molecule has 4 rings (SSSR count). The Morgan fingerprint density at radius 2 is 1.77 bits per heavy atom. The van der Waals surface area contributed by atoms with E-state index < -0.39 is 0 Å². The Bertz CT molecular complexity index is 1060. The number of hydrogen-bond donors (Lipinski definition) is 2. The standard InChI is InChI=1S/C24H23Cl2N3O/c25-21-10-16(11-22(26)14-21)15-29-9-6-17-4-5-19(13-23(17)29)18-2-1-3-20(12-18)24(30)28-8-7-27/h1-5,10-14H,6-9,15,27H2,(H,28,30). The first-order valence-corrected chi connectivity index (χ1v) is 10.7. The van der Waals surface area contributed by atoms with Crippen molar-refractivity contribution >= 4 is 34.8 Å². The molecule has 154 valence electrons. The fourth-order valence-corrected chi connectivity index (χ4v) is 4.41. The maximum absolute atomic E-state index is 12.3. The lowest BCUT2D eigenvalue weighted by Crippen LogP contribution is -2.28. The van der Waals surface area contributed by atoms with Crippen LogP contribution >= 0.6 is 23.2 Å². The summed E-state index contributed by atoms with van der Waals surface area (Å²) in [5.41, 5.74) is 11.8. The van der Waals surface area contributed by atoms with Gasteiger partial charge in [0.15, 0.2) is 0 Å². The first kappa shape index (κ1) is 20.7. The average molecular weight is 440 g/mol. The molecule has 3 aromatic rings. The van der Waals surface area contributed by atoms with Crippen LogP contribution in [-0.4, -0.2) is 25.5 Å². The number of carbonyl (C=O) groups excluding carboxylic acids is 1. The summed E-state index contributed by atoms with van der Waals surface area (Å²) in [7, 11) is 0. The lowest BCUT2D eigenvalue weighted by molar-refractivity contribution is 0.0955. The van der Waals surface area contributed by atoms with Crippen molar-refractivity contribution in [1.82, 2.24) is 5.32 Å². The molecule has 1 amide bonds. The van der Waals surface area contributed by atoms with Crippen molar-refractivity contribution in [3.8, 4) is 11.1 Å². The van der Waals surface area contributed by atoms with Crippen LogP contribution in [0.1, 0.15) is 21.5 Å². The SMILES string of the molecule is NCCNC(=O)c1cccc(-c2ccc3c(c2)N(Cc2cc(Cl)cc(Cl)c2)CC3)c1. The summed E-state index contributed by atoms with van der Waals surface area (Å²) in [6.07, 6.45) is 1.01. The van der Waals surface area contributed by atoms with Gasteiger partial charge in [-0.25, -0.2) is 0 Å². The van der Waals surface area contributed by atoms with Crippen LogP contribution in [0.25, 0.3) is 11.1 Å². The van der Waals surface area contributed by atoms with Gasteiger partial charge < -0.3 is 16.0 Å². The Labute approximate surface area is 186 Å². The van der Waals surface area contributed by atoms with Gasteiger partial charge in [0.25, 0.3) is 5.91 Å². The second kappa shape index (κ2) is 9.09. The average Bonchev–Trinajstić information content (AvgIpc) is 3.13. The molecule has 0 saturated carbocycles. The van der Waals surface area contributed by atoms with Gasteiger partial charge in [-0.2, -0.15) is 0 Å². The third-order valence-electron chi connectivity index (χ3n) is 5.26. The van der Waals surface area contributed by atoms with E-state index in [1.54, 1.807) is 6.07 Å². The monoisotopic (exact) mass is 439 g/mol. The van der Waals surface area contributed by atoms with Crippen molar-refractivity contribution < 1.29 is 4.79 Å². The molecule has 6 heteroatoms. The first-order valence-electron chi connectivity index (χ1n) is 9.95. The van der Waals surface area contributed by atoms with Crippen molar-refractivity contribution in [3.05, 3.63) is 87.4 Å². The van der Waals surface area contributed by atoms with Gasteiger partial charge in [-0.05, 0) is 65.1 Å². The largest absolute Gasteiger partial charge is 0.367 e. The summed E-state index contributed by atoms with van der Waals surface area (Å²) < 4.78 is 0. The molecule has 0 unspecified atom stereocenters. The van der Waals surface area contributed by atoms with Gasteiger partial charge in [-0.3, -0.25) is 4.79 Å². The van der Waals surface area contributed by atoms with Crippen LogP contribution in [0.4, 0.5) is 5.69 Å². The van der Waals surface area contributed by atoms with E-state index in [1.807, 2.05) is 36.4 Å². The molecule has 3 aromatic carbocycles. The Kier molecular flexibility index (Phi) is 6.28. The van der Waals surface area contributed by atoms with Gasteiger partial charge in [-0.1, -0.05) is 47.5 Å². The zero-order valence-electron chi connectivity index (χ0n) is 16.5. The second-order valence-electron chi connectivity index (χ2n) is 7.42. The number of anilines is 1. The van der Waals surface area contributed by atoms with Gasteiger partial charge in [0, 0.05) is 47.5 Å². The summed E-state index contributed by atoms with van der Waals surface area (Å²) in [6, 6.07) is 19.8. The zero-order valence-corrected chi connectivity index (χ0v) is 18.0. The quantitative estimate of drug-likeness (QED) is 0.573. The van der Waals surface area contributed by atoms with Gasteiger partial charge in [0.1, 0.15) is 0 Å². The third kappa shape index (κ3) is 4.62. The van der Waals surface area contributed by atoms with E-state index in [-0.39, 0.29) is 5.91 Å². The molecule has 30 heavy (non-hydrogen) atoms. The molecule has 0 aliphatic carbocycles. The molecule has 1 aliphatic heterocycles. The molecule has 0 radical (unpaired) electrons. The molecule has 4 nitrogen and oxygen atoms in total. The van der Waals surface area contributed by atoms with E-state index in [9.17, 15) is 4.79 Å². The summed E-state index contributed by atoms with van der Waals surface area (Å²) in [5, 5.41) is 4.12. The van der Waals surface area contributed by atoms with Crippen LogP contribution in [0.5, 0.6) is 0 Å². The Hall–Kier alpha value is -2.53. The van der Waals surface area contributed by atoms with Crippen LogP contribution in [-0.2, 0) is 13.0 Å². The maximum Gasteiger partial charge on any atom is 0.251 e. The fraction of sp³-hybridized carbons (Fsp3) is 0.208. The molecule has 3 N–H and O–H groups in total. The van der Waals surface area contributed by atoms with Crippen LogP contribution < -0.4 is 16.0 Å². The highest BCUT2D eigenvalue weighted by Crippen LogP contribution is 2.34. The summed E-state index contributed by atoms with van der Waals surface area (Å²) in [4.78, 5) is 14.6. The van der Waals surface area contributed by atoms with Crippen LogP contribution in [0.2, 0.25) is 10.0 Å². The highest BCUT2D eigenvalue weighted by molar-refractivity contribution is 6.34. The van der Waals surface area contributed by atoms with E-state index >= 15 is 0 Å². The van der Waals surface area contributed by atoms with E-state index in [4.69, 9.17) is 28.9 Å². The number of halogens is 2. The van der Waals surface area contributed by atoms with Gasteiger partial charge in [0.2, 0.25) is 0 Å². The number of nitrogens with two attached hydrogens (primary N) is 1. The summed E-state index contributed by atoms with van der Waals surface area (Å²) >= 11 is 12.3. The Morgan fingerprint density at radius 3 is 2.53 bits per heavy atom. The van der Waals surface area contributed by atoms with Crippen molar-refractivity contribution in [2.45, 2.75) is 13.0 Å². The van der Waals surface area contributed by atoms with Gasteiger partial charge >= 0.3 is 0 Å². The molecule has 0 fully saturated rings. The normalized spacial score (nSPS) is 12.7. The van der Waals surface area contributed by atoms with Crippen LogP contribution in [0.3, 0.4) is 0 Å². The Morgan fingerprint density at radius 1 is 1.00 bits per heavy atom. The molecule has 0 aromatic heterocycles. The van der Waals surface area contributed by atoms with Crippen molar-refractivity contribution in [3.63, 3.8) is 0 Å². The number of nitrogens with zero attached hydrogens (tertiary/aromatic N) is 1. The molecule has 0 spiro atoms. The number of hydrogen-bond acceptors (Lipinski definition) is 3. The minimum absolute atomic E-state index is 0.108.